The number of amides is 1. The molecule has 98 valence electrons. The third-order valence-corrected chi connectivity index (χ3v) is 4.43. The molecule has 3 N–H and O–H groups in total. The number of carbonyl (C=O) groups is 1. The van der Waals surface area contributed by atoms with Crippen LogP contribution in [0.2, 0.25) is 0 Å². The number of nitrogens with one attached hydrogen (secondary N) is 1. The molecule has 2 aliphatic carbocycles. The molecule has 0 aromatic rings. The van der Waals surface area contributed by atoms with E-state index in [0.29, 0.717) is 17.9 Å². The lowest BCUT2D eigenvalue weighted by atomic mass is 9.79. The molecule has 0 radical (unpaired) electrons. The summed E-state index contributed by atoms with van der Waals surface area (Å²) < 4.78 is 0. The minimum Gasteiger partial charge on any atom is -0.353 e. The molecule has 0 heterocycles. The maximum absolute atomic E-state index is 12.2. The highest BCUT2D eigenvalue weighted by atomic mass is 16.1. The SMILES string of the molecule is NCCC1CCCC(C(=O)NC2CCCC2)C1. The van der Waals surface area contributed by atoms with Crippen LogP contribution >= 0.6 is 0 Å². The van der Waals surface area contributed by atoms with Crippen LogP contribution in [0.5, 0.6) is 0 Å². The van der Waals surface area contributed by atoms with Gasteiger partial charge in [0.2, 0.25) is 5.91 Å². The quantitative estimate of drug-likeness (QED) is 0.789. The molecule has 2 aliphatic rings. The van der Waals surface area contributed by atoms with Crippen LogP contribution in [0.15, 0.2) is 0 Å². The fraction of sp³-hybridized carbons (Fsp3) is 0.929. The summed E-state index contributed by atoms with van der Waals surface area (Å²) in [4.78, 5) is 12.2. The van der Waals surface area contributed by atoms with E-state index in [2.05, 4.69) is 5.32 Å². The minimum atomic E-state index is 0.265. The van der Waals surface area contributed by atoms with Crippen molar-refractivity contribution in [1.82, 2.24) is 5.32 Å². The van der Waals surface area contributed by atoms with Gasteiger partial charge >= 0.3 is 0 Å². The van der Waals surface area contributed by atoms with Crippen LogP contribution in [0.1, 0.15) is 57.8 Å². The highest BCUT2D eigenvalue weighted by Crippen LogP contribution is 2.31. The predicted molar refractivity (Wildman–Crippen MR) is 69.5 cm³/mol. The van der Waals surface area contributed by atoms with Gasteiger partial charge in [0.15, 0.2) is 0 Å². The Morgan fingerprint density at radius 1 is 1.12 bits per heavy atom. The molecule has 0 bridgehead atoms. The number of carbonyl (C=O) groups excluding carboxylic acids is 1. The Labute approximate surface area is 105 Å². The maximum atomic E-state index is 12.2. The summed E-state index contributed by atoms with van der Waals surface area (Å²) in [5.74, 6) is 1.27. The first kappa shape index (κ1) is 12.9. The molecule has 3 heteroatoms. The van der Waals surface area contributed by atoms with Gasteiger partial charge in [-0.25, -0.2) is 0 Å². The molecular weight excluding hydrogens is 212 g/mol. The molecule has 2 rings (SSSR count). The summed E-state index contributed by atoms with van der Waals surface area (Å²) in [7, 11) is 0. The number of hydrogen-bond acceptors (Lipinski definition) is 2. The Hall–Kier alpha value is -0.570. The number of hydrogen-bond donors (Lipinski definition) is 2. The van der Waals surface area contributed by atoms with E-state index in [-0.39, 0.29) is 5.92 Å². The number of rotatable bonds is 4. The van der Waals surface area contributed by atoms with Crippen molar-refractivity contribution >= 4 is 5.91 Å². The van der Waals surface area contributed by atoms with Crippen molar-refractivity contribution in [2.24, 2.45) is 17.6 Å². The van der Waals surface area contributed by atoms with Crippen molar-refractivity contribution < 1.29 is 4.79 Å². The highest BCUT2D eigenvalue weighted by molar-refractivity contribution is 5.79. The van der Waals surface area contributed by atoms with Gasteiger partial charge in [-0.3, -0.25) is 4.79 Å². The van der Waals surface area contributed by atoms with Gasteiger partial charge in [0, 0.05) is 12.0 Å². The standard InChI is InChI=1S/C14H26N2O/c15-9-8-11-4-3-5-12(10-11)14(17)16-13-6-1-2-7-13/h11-13H,1-10,15H2,(H,16,17). The Morgan fingerprint density at radius 3 is 2.59 bits per heavy atom. The molecule has 2 unspecified atom stereocenters. The van der Waals surface area contributed by atoms with Crippen molar-refractivity contribution in [2.75, 3.05) is 6.54 Å². The predicted octanol–water partition coefficient (Wildman–Crippen LogP) is 2.20. The topological polar surface area (TPSA) is 55.1 Å². The average molecular weight is 238 g/mol. The summed E-state index contributed by atoms with van der Waals surface area (Å²) in [6.07, 6.45) is 10.6. The first-order chi connectivity index (χ1) is 8.29. The molecule has 17 heavy (non-hydrogen) atoms. The smallest absolute Gasteiger partial charge is 0.223 e. The number of nitrogens with two attached hydrogens (primary N) is 1. The largest absolute Gasteiger partial charge is 0.353 e. The summed E-state index contributed by atoms with van der Waals surface area (Å²) in [6, 6.07) is 0.470. The van der Waals surface area contributed by atoms with Gasteiger partial charge in [0.05, 0.1) is 0 Å². The van der Waals surface area contributed by atoms with Crippen LogP contribution in [-0.4, -0.2) is 18.5 Å². The fourth-order valence-electron chi connectivity index (χ4n) is 3.42. The third kappa shape index (κ3) is 3.70. The van der Waals surface area contributed by atoms with E-state index in [0.717, 1.165) is 25.8 Å². The van der Waals surface area contributed by atoms with Crippen LogP contribution in [0, 0.1) is 11.8 Å². The fourth-order valence-corrected chi connectivity index (χ4v) is 3.42. The van der Waals surface area contributed by atoms with Gasteiger partial charge in [-0.1, -0.05) is 25.7 Å². The zero-order valence-corrected chi connectivity index (χ0v) is 10.8. The van der Waals surface area contributed by atoms with Crippen molar-refractivity contribution in [2.45, 2.75) is 63.8 Å². The van der Waals surface area contributed by atoms with Gasteiger partial charge in [-0.05, 0) is 44.6 Å². The molecule has 3 nitrogen and oxygen atoms in total. The zero-order valence-electron chi connectivity index (χ0n) is 10.8. The molecule has 0 spiro atoms. The van der Waals surface area contributed by atoms with E-state index >= 15 is 0 Å². The Morgan fingerprint density at radius 2 is 1.88 bits per heavy atom. The second-order valence-electron chi connectivity index (χ2n) is 5.80. The van der Waals surface area contributed by atoms with Crippen LogP contribution in [0.4, 0.5) is 0 Å². The van der Waals surface area contributed by atoms with Gasteiger partial charge in [0.1, 0.15) is 0 Å². The summed E-state index contributed by atoms with van der Waals surface area (Å²) in [5, 5.41) is 3.24. The van der Waals surface area contributed by atoms with Crippen molar-refractivity contribution in [3.8, 4) is 0 Å². The molecule has 0 aliphatic heterocycles. The third-order valence-electron chi connectivity index (χ3n) is 4.43. The Balaban J connectivity index is 1.77. The molecule has 0 saturated heterocycles. The molecule has 2 atom stereocenters. The lowest BCUT2D eigenvalue weighted by Crippen LogP contribution is -2.39. The van der Waals surface area contributed by atoms with E-state index in [1.165, 1.54) is 38.5 Å². The molecule has 2 fully saturated rings. The van der Waals surface area contributed by atoms with Gasteiger partial charge < -0.3 is 11.1 Å². The van der Waals surface area contributed by atoms with Crippen LogP contribution < -0.4 is 11.1 Å². The maximum Gasteiger partial charge on any atom is 0.223 e. The van der Waals surface area contributed by atoms with E-state index < -0.39 is 0 Å². The van der Waals surface area contributed by atoms with E-state index in [1.54, 1.807) is 0 Å². The van der Waals surface area contributed by atoms with Gasteiger partial charge in [0.25, 0.3) is 0 Å². The first-order valence-corrected chi connectivity index (χ1v) is 7.30. The van der Waals surface area contributed by atoms with Crippen molar-refractivity contribution in [3.63, 3.8) is 0 Å². The Bertz CT molecular complexity index is 247. The monoisotopic (exact) mass is 238 g/mol. The average Bonchev–Trinajstić information content (AvgIpc) is 2.83. The zero-order chi connectivity index (χ0) is 12.1. The second-order valence-corrected chi connectivity index (χ2v) is 5.80. The van der Waals surface area contributed by atoms with E-state index in [1.807, 2.05) is 0 Å². The van der Waals surface area contributed by atoms with Crippen molar-refractivity contribution in [3.05, 3.63) is 0 Å². The second kappa shape index (κ2) is 6.39. The molecule has 1 amide bonds. The van der Waals surface area contributed by atoms with E-state index in [4.69, 9.17) is 5.73 Å². The van der Waals surface area contributed by atoms with Gasteiger partial charge in [-0.2, -0.15) is 0 Å². The van der Waals surface area contributed by atoms with E-state index in [9.17, 15) is 4.79 Å². The van der Waals surface area contributed by atoms with Crippen LogP contribution in [0.3, 0.4) is 0 Å². The molecule has 0 aromatic heterocycles. The summed E-state index contributed by atoms with van der Waals surface area (Å²) >= 11 is 0. The normalized spacial score (nSPS) is 30.4. The minimum absolute atomic E-state index is 0.265. The lowest BCUT2D eigenvalue weighted by molar-refractivity contribution is -0.127. The van der Waals surface area contributed by atoms with Gasteiger partial charge in [-0.15, -0.1) is 0 Å². The summed E-state index contributed by atoms with van der Waals surface area (Å²) in [6.45, 7) is 0.766. The molecule has 2 saturated carbocycles. The van der Waals surface area contributed by atoms with Crippen molar-refractivity contribution in [1.29, 1.82) is 0 Å². The van der Waals surface area contributed by atoms with Crippen LogP contribution in [-0.2, 0) is 4.79 Å². The van der Waals surface area contributed by atoms with Crippen LogP contribution in [0.25, 0.3) is 0 Å². The molecule has 0 aromatic carbocycles. The Kier molecular flexibility index (Phi) is 4.84. The lowest BCUT2D eigenvalue weighted by Gasteiger charge is -2.29. The first-order valence-electron chi connectivity index (χ1n) is 7.30. The molecular formula is C14H26N2O. The summed E-state index contributed by atoms with van der Waals surface area (Å²) in [5.41, 5.74) is 5.61. The highest BCUT2D eigenvalue weighted by Gasteiger charge is 2.28.